The Bertz CT molecular complexity index is 508. The summed E-state index contributed by atoms with van der Waals surface area (Å²) in [6, 6.07) is 6.65. The van der Waals surface area contributed by atoms with Gasteiger partial charge in [-0.1, -0.05) is 25.4 Å². The lowest BCUT2D eigenvalue weighted by Crippen LogP contribution is -2.56. The maximum Gasteiger partial charge on any atom is 0.124 e. The molecule has 1 unspecified atom stereocenters. The molecule has 4 heteroatoms. The molecule has 1 N–H and O–H groups in total. The number of hydrogen-bond donors (Lipinski definition) is 1. The third-order valence-corrected chi connectivity index (χ3v) is 5.06. The Balaban J connectivity index is 1.47. The fourth-order valence-electron chi connectivity index (χ4n) is 3.74. The average Bonchev–Trinajstić information content (AvgIpc) is 2.86. The van der Waals surface area contributed by atoms with Crippen molar-refractivity contribution in [3.8, 4) is 5.75 Å². The molecule has 0 radical (unpaired) electrons. The summed E-state index contributed by atoms with van der Waals surface area (Å²) in [6.45, 7) is 10.3. The summed E-state index contributed by atoms with van der Waals surface area (Å²) in [6.07, 6.45) is 4.02. The maximum absolute atomic E-state index is 6.18. The number of benzene rings is 1. The molecule has 0 aliphatic carbocycles. The first-order chi connectivity index (χ1) is 10.6. The van der Waals surface area contributed by atoms with Crippen LogP contribution in [0.3, 0.4) is 0 Å². The summed E-state index contributed by atoms with van der Waals surface area (Å²) in [5.41, 5.74) is 3.16. The van der Waals surface area contributed by atoms with Crippen molar-refractivity contribution in [2.45, 2.75) is 39.1 Å². The Morgan fingerprint density at radius 2 is 2.23 bits per heavy atom. The van der Waals surface area contributed by atoms with Crippen LogP contribution in [-0.2, 0) is 6.42 Å². The van der Waals surface area contributed by atoms with Crippen molar-refractivity contribution in [2.75, 3.05) is 32.7 Å². The summed E-state index contributed by atoms with van der Waals surface area (Å²) in [4.78, 5) is 2.54. The highest BCUT2D eigenvalue weighted by molar-refractivity contribution is 6.08. The van der Waals surface area contributed by atoms with Crippen molar-refractivity contribution >= 4 is 7.85 Å². The van der Waals surface area contributed by atoms with Crippen molar-refractivity contribution < 1.29 is 4.74 Å². The quantitative estimate of drug-likeness (QED) is 0.809. The Morgan fingerprint density at radius 3 is 2.86 bits per heavy atom. The summed E-state index contributed by atoms with van der Waals surface area (Å²) in [5.74, 6) is 1.07. The number of likely N-dealkylation sites (tertiary alicyclic amines) is 1. The lowest BCUT2D eigenvalue weighted by Gasteiger charge is -2.43. The molecule has 1 aromatic carbocycles. The van der Waals surface area contributed by atoms with Gasteiger partial charge in [-0.3, -0.25) is 4.90 Å². The van der Waals surface area contributed by atoms with Crippen LogP contribution in [0.15, 0.2) is 18.2 Å². The number of aryl methyl sites for hydroxylation is 2. The molecule has 2 aliphatic rings. The van der Waals surface area contributed by atoms with Crippen LogP contribution in [0.4, 0.5) is 0 Å². The van der Waals surface area contributed by atoms with Crippen LogP contribution >= 0.6 is 0 Å². The molecule has 3 nitrogen and oxygen atoms in total. The molecule has 2 fully saturated rings. The smallest absolute Gasteiger partial charge is 0.124 e. The molecule has 0 spiro atoms. The van der Waals surface area contributed by atoms with E-state index in [1.807, 2.05) is 0 Å². The van der Waals surface area contributed by atoms with Crippen LogP contribution in [0.5, 0.6) is 5.75 Å². The minimum atomic E-state index is 0.369. The first-order valence-electron chi connectivity index (χ1n) is 8.77. The molecule has 2 aliphatic heterocycles. The molecular formula is C18H29BN2O. The zero-order valence-corrected chi connectivity index (χ0v) is 14.3. The highest BCUT2D eigenvalue weighted by Crippen LogP contribution is 2.29. The van der Waals surface area contributed by atoms with Gasteiger partial charge >= 0.3 is 0 Å². The molecule has 0 saturated carbocycles. The molecule has 1 atom stereocenters. The van der Waals surface area contributed by atoms with Gasteiger partial charge in [0, 0.05) is 26.2 Å². The van der Waals surface area contributed by atoms with E-state index in [1.165, 1.54) is 37.0 Å². The lowest BCUT2D eigenvalue weighted by atomic mass is 9.88. The number of nitrogens with zero attached hydrogens (tertiary/aromatic N) is 1. The van der Waals surface area contributed by atoms with Gasteiger partial charge in [-0.25, -0.2) is 0 Å². The van der Waals surface area contributed by atoms with Crippen molar-refractivity contribution in [2.24, 2.45) is 5.41 Å². The summed E-state index contributed by atoms with van der Waals surface area (Å²) < 4.78 is 6.18. The molecule has 0 aromatic heterocycles. The molecule has 120 valence electrons. The van der Waals surface area contributed by atoms with Crippen LogP contribution in [0.2, 0.25) is 6.32 Å². The number of ether oxygens (including phenoxy) is 1. The van der Waals surface area contributed by atoms with Gasteiger partial charge in [0.2, 0.25) is 0 Å². The van der Waals surface area contributed by atoms with Gasteiger partial charge in [-0.2, -0.15) is 0 Å². The van der Waals surface area contributed by atoms with E-state index < -0.39 is 0 Å². The van der Waals surface area contributed by atoms with Gasteiger partial charge in [0.1, 0.15) is 19.7 Å². The van der Waals surface area contributed by atoms with Crippen molar-refractivity contribution in [3.63, 3.8) is 0 Å². The molecule has 0 amide bonds. The van der Waals surface area contributed by atoms with Crippen LogP contribution in [-0.4, -0.2) is 51.6 Å². The Labute approximate surface area is 135 Å². The summed E-state index contributed by atoms with van der Waals surface area (Å²) in [5, 5.41) is 3.48. The van der Waals surface area contributed by atoms with Gasteiger partial charge in [0.05, 0.1) is 0 Å². The van der Waals surface area contributed by atoms with E-state index in [2.05, 4.69) is 50.1 Å². The fraction of sp³-hybridized carbons (Fsp3) is 0.667. The largest absolute Gasteiger partial charge is 0.487 e. The second-order valence-electron chi connectivity index (χ2n) is 7.52. The molecule has 1 aromatic rings. The molecule has 2 saturated heterocycles. The minimum absolute atomic E-state index is 0.369. The van der Waals surface area contributed by atoms with E-state index in [0.29, 0.717) is 11.5 Å². The van der Waals surface area contributed by atoms with Crippen molar-refractivity contribution in [3.05, 3.63) is 29.3 Å². The number of rotatable bonds is 6. The van der Waals surface area contributed by atoms with Crippen molar-refractivity contribution in [1.29, 1.82) is 0 Å². The second kappa shape index (κ2) is 6.63. The Hall–Kier alpha value is -0.995. The van der Waals surface area contributed by atoms with E-state index in [9.17, 15) is 0 Å². The molecule has 3 rings (SSSR count). The topological polar surface area (TPSA) is 24.5 Å². The highest BCUT2D eigenvalue weighted by Gasteiger charge is 2.36. The van der Waals surface area contributed by atoms with Crippen LogP contribution in [0.25, 0.3) is 0 Å². The summed E-state index contributed by atoms with van der Waals surface area (Å²) in [7, 11) is 2.23. The highest BCUT2D eigenvalue weighted by atomic mass is 16.5. The first kappa shape index (κ1) is 15.9. The maximum atomic E-state index is 6.18. The lowest BCUT2D eigenvalue weighted by molar-refractivity contribution is -0.00196. The molecule has 22 heavy (non-hydrogen) atoms. The van der Waals surface area contributed by atoms with Crippen LogP contribution in [0, 0.1) is 12.3 Å². The van der Waals surface area contributed by atoms with Gasteiger partial charge in [0.15, 0.2) is 0 Å². The van der Waals surface area contributed by atoms with E-state index in [1.54, 1.807) is 0 Å². The van der Waals surface area contributed by atoms with Gasteiger partial charge < -0.3 is 10.1 Å². The average molecular weight is 300 g/mol. The standard InChI is InChI=1S/C18H29BN2O/c1-14-9-15(5-7-19)3-4-17(14)22-16-10-21(11-16)13-18(2)6-8-20-12-18/h3-4,9,16,20H,5-8,10-13,19H2,1-2H3. The summed E-state index contributed by atoms with van der Waals surface area (Å²) >= 11 is 0. The van der Waals surface area contributed by atoms with Gasteiger partial charge in [-0.15, -0.1) is 0 Å². The van der Waals surface area contributed by atoms with E-state index in [-0.39, 0.29) is 0 Å². The van der Waals surface area contributed by atoms with Crippen molar-refractivity contribution in [1.82, 2.24) is 10.2 Å². The van der Waals surface area contributed by atoms with E-state index in [0.717, 1.165) is 31.8 Å². The zero-order valence-electron chi connectivity index (χ0n) is 14.3. The van der Waals surface area contributed by atoms with Gasteiger partial charge in [-0.05, 0) is 48.9 Å². The third-order valence-electron chi connectivity index (χ3n) is 5.06. The molecule has 0 bridgehead atoms. The fourth-order valence-corrected chi connectivity index (χ4v) is 3.74. The zero-order chi connectivity index (χ0) is 15.6. The van der Waals surface area contributed by atoms with E-state index >= 15 is 0 Å². The van der Waals surface area contributed by atoms with Crippen LogP contribution in [0.1, 0.15) is 24.5 Å². The number of nitrogens with one attached hydrogen (secondary N) is 1. The predicted molar refractivity (Wildman–Crippen MR) is 94.7 cm³/mol. The first-order valence-corrected chi connectivity index (χ1v) is 8.77. The third kappa shape index (κ3) is 3.66. The number of hydrogen-bond acceptors (Lipinski definition) is 3. The Morgan fingerprint density at radius 1 is 1.41 bits per heavy atom. The SMILES string of the molecule is BCCc1ccc(OC2CN(CC3(C)CCNC3)C2)c(C)c1. The molecule has 2 heterocycles. The van der Waals surface area contributed by atoms with Gasteiger partial charge in [0.25, 0.3) is 0 Å². The second-order valence-corrected chi connectivity index (χ2v) is 7.52. The Kier molecular flexibility index (Phi) is 4.79. The monoisotopic (exact) mass is 300 g/mol. The predicted octanol–water partition coefficient (Wildman–Crippen LogP) is 1.65. The van der Waals surface area contributed by atoms with E-state index in [4.69, 9.17) is 4.74 Å². The van der Waals surface area contributed by atoms with Crippen LogP contribution < -0.4 is 10.1 Å². The minimum Gasteiger partial charge on any atom is -0.487 e. The molecular weight excluding hydrogens is 271 g/mol. The normalized spacial score (nSPS) is 26.1.